The minimum absolute atomic E-state index is 0.202. The molecule has 1 aromatic carbocycles. The van der Waals surface area contributed by atoms with Gasteiger partial charge in [0.1, 0.15) is 0 Å². The molecule has 0 spiro atoms. The van der Waals surface area contributed by atoms with E-state index in [0.717, 1.165) is 6.42 Å². The SMILES string of the molecule is CC(C)(C)c1ccc2c(CCN)c[nH]c2c1. The molecule has 0 radical (unpaired) electrons. The summed E-state index contributed by atoms with van der Waals surface area (Å²) in [7, 11) is 0. The molecule has 0 saturated heterocycles. The topological polar surface area (TPSA) is 41.8 Å². The van der Waals surface area contributed by atoms with E-state index in [9.17, 15) is 0 Å². The molecular weight excluding hydrogens is 196 g/mol. The molecule has 0 amide bonds. The van der Waals surface area contributed by atoms with Gasteiger partial charge in [0.2, 0.25) is 0 Å². The molecule has 0 saturated carbocycles. The summed E-state index contributed by atoms with van der Waals surface area (Å²) in [6, 6.07) is 6.67. The molecule has 2 aromatic rings. The van der Waals surface area contributed by atoms with E-state index in [4.69, 9.17) is 5.73 Å². The van der Waals surface area contributed by atoms with E-state index in [1.165, 1.54) is 22.0 Å². The van der Waals surface area contributed by atoms with Gasteiger partial charge in [-0.3, -0.25) is 0 Å². The van der Waals surface area contributed by atoms with Gasteiger partial charge in [-0.15, -0.1) is 0 Å². The monoisotopic (exact) mass is 216 g/mol. The molecule has 0 unspecified atom stereocenters. The summed E-state index contributed by atoms with van der Waals surface area (Å²) in [4.78, 5) is 3.33. The number of aromatic nitrogens is 1. The van der Waals surface area contributed by atoms with Crippen molar-refractivity contribution in [1.82, 2.24) is 4.98 Å². The number of nitrogens with two attached hydrogens (primary N) is 1. The Morgan fingerprint density at radius 2 is 2.00 bits per heavy atom. The van der Waals surface area contributed by atoms with Crippen molar-refractivity contribution >= 4 is 10.9 Å². The van der Waals surface area contributed by atoms with Gasteiger partial charge in [0.05, 0.1) is 0 Å². The van der Waals surface area contributed by atoms with Crippen LogP contribution in [-0.4, -0.2) is 11.5 Å². The van der Waals surface area contributed by atoms with Gasteiger partial charge in [-0.2, -0.15) is 0 Å². The van der Waals surface area contributed by atoms with Gasteiger partial charge in [0, 0.05) is 17.1 Å². The van der Waals surface area contributed by atoms with Crippen LogP contribution < -0.4 is 5.73 Å². The minimum atomic E-state index is 0.202. The van der Waals surface area contributed by atoms with Crippen molar-refractivity contribution in [1.29, 1.82) is 0 Å². The maximum atomic E-state index is 5.60. The van der Waals surface area contributed by atoms with Gasteiger partial charge >= 0.3 is 0 Å². The maximum absolute atomic E-state index is 5.60. The van der Waals surface area contributed by atoms with Gasteiger partial charge in [-0.25, -0.2) is 0 Å². The molecule has 0 atom stereocenters. The van der Waals surface area contributed by atoms with Crippen LogP contribution in [-0.2, 0) is 11.8 Å². The number of H-pyrrole nitrogens is 1. The van der Waals surface area contributed by atoms with Crippen LogP contribution in [0.15, 0.2) is 24.4 Å². The van der Waals surface area contributed by atoms with Gasteiger partial charge in [0.25, 0.3) is 0 Å². The first-order valence-corrected chi connectivity index (χ1v) is 5.83. The third-order valence-electron chi connectivity index (χ3n) is 3.05. The highest BCUT2D eigenvalue weighted by molar-refractivity contribution is 5.84. The Hall–Kier alpha value is -1.28. The Balaban J connectivity index is 2.49. The predicted octanol–water partition coefficient (Wildman–Crippen LogP) is 2.97. The molecule has 86 valence electrons. The van der Waals surface area contributed by atoms with E-state index < -0.39 is 0 Å². The second-order valence-electron chi connectivity index (χ2n) is 5.36. The largest absolute Gasteiger partial charge is 0.361 e. The summed E-state index contributed by atoms with van der Waals surface area (Å²) in [6.07, 6.45) is 3.01. The Bertz CT molecular complexity index is 489. The average molecular weight is 216 g/mol. The molecule has 0 fully saturated rings. The highest BCUT2D eigenvalue weighted by atomic mass is 14.7. The highest BCUT2D eigenvalue weighted by Crippen LogP contribution is 2.27. The van der Waals surface area contributed by atoms with Crippen molar-refractivity contribution in [3.8, 4) is 0 Å². The van der Waals surface area contributed by atoms with E-state index in [-0.39, 0.29) is 5.41 Å². The Morgan fingerprint density at radius 1 is 1.25 bits per heavy atom. The van der Waals surface area contributed by atoms with Crippen molar-refractivity contribution in [2.45, 2.75) is 32.6 Å². The Kier molecular flexibility index (Phi) is 2.76. The number of aromatic amines is 1. The van der Waals surface area contributed by atoms with Crippen molar-refractivity contribution in [2.75, 3.05) is 6.54 Å². The van der Waals surface area contributed by atoms with Gasteiger partial charge in [-0.1, -0.05) is 32.9 Å². The second-order valence-corrected chi connectivity index (χ2v) is 5.36. The molecule has 1 aromatic heterocycles. The third kappa shape index (κ3) is 1.98. The van der Waals surface area contributed by atoms with Gasteiger partial charge in [-0.05, 0) is 35.6 Å². The number of rotatable bonds is 2. The molecule has 0 bridgehead atoms. The Labute approximate surface area is 96.9 Å². The van der Waals surface area contributed by atoms with E-state index >= 15 is 0 Å². The molecule has 2 heteroatoms. The zero-order chi connectivity index (χ0) is 11.8. The predicted molar refractivity (Wildman–Crippen MR) is 69.8 cm³/mol. The summed E-state index contributed by atoms with van der Waals surface area (Å²) < 4.78 is 0. The number of benzene rings is 1. The number of hydrogen-bond donors (Lipinski definition) is 2. The zero-order valence-electron chi connectivity index (χ0n) is 10.3. The summed E-state index contributed by atoms with van der Waals surface area (Å²) in [6.45, 7) is 7.40. The van der Waals surface area contributed by atoms with Crippen LogP contribution in [0.1, 0.15) is 31.9 Å². The lowest BCUT2D eigenvalue weighted by Gasteiger charge is -2.18. The van der Waals surface area contributed by atoms with Crippen LogP contribution in [0.2, 0.25) is 0 Å². The molecule has 3 N–H and O–H groups in total. The molecule has 0 aliphatic rings. The first-order chi connectivity index (χ1) is 7.52. The quantitative estimate of drug-likeness (QED) is 0.796. The van der Waals surface area contributed by atoms with Crippen LogP contribution in [0, 0.1) is 0 Å². The van der Waals surface area contributed by atoms with Crippen molar-refractivity contribution < 1.29 is 0 Å². The number of nitrogens with one attached hydrogen (secondary N) is 1. The first kappa shape index (κ1) is 11.2. The van der Waals surface area contributed by atoms with Crippen molar-refractivity contribution in [3.05, 3.63) is 35.5 Å². The lowest BCUT2D eigenvalue weighted by Crippen LogP contribution is -2.10. The van der Waals surface area contributed by atoms with Gasteiger partial charge < -0.3 is 10.7 Å². The average Bonchev–Trinajstić information content (AvgIpc) is 2.60. The lowest BCUT2D eigenvalue weighted by molar-refractivity contribution is 0.591. The van der Waals surface area contributed by atoms with E-state index in [1.807, 2.05) is 0 Å². The number of fused-ring (bicyclic) bond motifs is 1. The molecule has 2 nitrogen and oxygen atoms in total. The molecule has 1 heterocycles. The third-order valence-corrected chi connectivity index (χ3v) is 3.05. The van der Waals surface area contributed by atoms with Crippen LogP contribution in [0.3, 0.4) is 0 Å². The minimum Gasteiger partial charge on any atom is -0.361 e. The van der Waals surface area contributed by atoms with Crippen LogP contribution in [0.25, 0.3) is 10.9 Å². The van der Waals surface area contributed by atoms with Crippen LogP contribution in [0.4, 0.5) is 0 Å². The summed E-state index contributed by atoms with van der Waals surface area (Å²) in [5, 5.41) is 1.30. The smallest absolute Gasteiger partial charge is 0.0459 e. The standard InChI is InChI=1S/C14H20N2/c1-14(2,3)11-4-5-12-10(6-7-15)9-16-13(12)8-11/h4-5,8-9,16H,6-7,15H2,1-3H3. The molecular formula is C14H20N2. The maximum Gasteiger partial charge on any atom is 0.0459 e. The van der Waals surface area contributed by atoms with Crippen molar-refractivity contribution in [2.24, 2.45) is 5.73 Å². The summed E-state index contributed by atoms with van der Waals surface area (Å²) in [5.41, 5.74) is 9.70. The summed E-state index contributed by atoms with van der Waals surface area (Å²) in [5.74, 6) is 0. The fourth-order valence-electron chi connectivity index (χ4n) is 2.02. The normalized spacial score (nSPS) is 12.2. The molecule has 0 aliphatic heterocycles. The van der Waals surface area contributed by atoms with Crippen LogP contribution >= 0.6 is 0 Å². The van der Waals surface area contributed by atoms with E-state index in [0.29, 0.717) is 6.54 Å². The zero-order valence-corrected chi connectivity index (χ0v) is 10.3. The fraction of sp³-hybridized carbons (Fsp3) is 0.429. The fourth-order valence-corrected chi connectivity index (χ4v) is 2.02. The molecule has 0 aliphatic carbocycles. The summed E-state index contributed by atoms with van der Waals surface area (Å²) >= 11 is 0. The lowest BCUT2D eigenvalue weighted by atomic mass is 9.86. The van der Waals surface area contributed by atoms with Crippen molar-refractivity contribution in [3.63, 3.8) is 0 Å². The molecule has 16 heavy (non-hydrogen) atoms. The van der Waals surface area contributed by atoms with Gasteiger partial charge in [0.15, 0.2) is 0 Å². The first-order valence-electron chi connectivity index (χ1n) is 5.83. The highest BCUT2D eigenvalue weighted by Gasteiger charge is 2.14. The molecule has 2 rings (SSSR count). The number of hydrogen-bond acceptors (Lipinski definition) is 1. The van der Waals surface area contributed by atoms with E-state index in [1.54, 1.807) is 0 Å². The second kappa shape index (κ2) is 3.95. The van der Waals surface area contributed by atoms with E-state index in [2.05, 4.69) is 50.2 Å². The Morgan fingerprint density at radius 3 is 2.62 bits per heavy atom. The van der Waals surface area contributed by atoms with Crippen LogP contribution in [0.5, 0.6) is 0 Å².